The van der Waals surface area contributed by atoms with Gasteiger partial charge in [-0.25, -0.2) is 0 Å². The average Bonchev–Trinajstić information content (AvgIpc) is 2.65. The Bertz CT molecular complexity index is 469. The molecule has 2 aliphatic heterocycles. The van der Waals surface area contributed by atoms with E-state index in [0.717, 1.165) is 12.8 Å². The summed E-state index contributed by atoms with van der Waals surface area (Å²) in [5.41, 5.74) is 5.44. The SMILES string of the molecule is CCOC(=O)CCC1CN2C(=O)CCC(C(=O)NCCCN)CC12. The molecule has 0 saturated carbocycles. The van der Waals surface area contributed by atoms with Crippen molar-refractivity contribution >= 4 is 17.8 Å². The fourth-order valence-corrected chi connectivity index (χ4v) is 3.60. The number of amides is 2. The molecule has 0 aromatic carbocycles. The number of hydrogen-bond acceptors (Lipinski definition) is 5. The summed E-state index contributed by atoms with van der Waals surface area (Å²) in [5.74, 6) is 0.119. The van der Waals surface area contributed by atoms with Gasteiger partial charge >= 0.3 is 5.97 Å². The summed E-state index contributed by atoms with van der Waals surface area (Å²) in [6.45, 7) is 4.02. The second-order valence-electron chi connectivity index (χ2n) is 6.62. The Kier molecular flexibility index (Phi) is 7.02. The first-order valence-corrected chi connectivity index (χ1v) is 8.99. The minimum atomic E-state index is -0.188. The van der Waals surface area contributed by atoms with Crippen molar-refractivity contribution in [1.82, 2.24) is 10.2 Å². The Hall–Kier alpha value is -1.63. The molecule has 0 spiro atoms. The van der Waals surface area contributed by atoms with Gasteiger partial charge in [0.15, 0.2) is 0 Å². The molecule has 136 valence electrons. The minimum Gasteiger partial charge on any atom is -0.466 e. The maximum atomic E-state index is 12.3. The zero-order chi connectivity index (χ0) is 17.5. The number of ether oxygens (including phenoxy) is 1. The zero-order valence-electron chi connectivity index (χ0n) is 14.5. The minimum absolute atomic E-state index is 0.0224. The largest absolute Gasteiger partial charge is 0.466 e. The topological polar surface area (TPSA) is 102 Å². The lowest BCUT2D eigenvalue weighted by Crippen LogP contribution is -2.58. The maximum Gasteiger partial charge on any atom is 0.305 e. The fourth-order valence-electron chi connectivity index (χ4n) is 3.60. The molecular weight excluding hydrogens is 310 g/mol. The zero-order valence-corrected chi connectivity index (χ0v) is 14.5. The van der Waals surface area contributed by atoms with Crippen molar-refractivity contribution in [3.63, 3.8) is 0 Å². The lowest BCUT2D eigenvalue weighted by atomic mass is 9.80. The number of esters is 1. The van der Waals surface area contributed by atoms with Gasteiger partial charge in [-0.3, -0.25) is 14.4 Å². The van der Waals surface area contributed by atoms with Crippen molar-refractivity contribution in [2.45, 2.75) is 51.5 Å². The highest BCUT2D eigenvalue weighted by Gasteiger charge is 2.45. The van der Waals surface area contributed by atoms with Crippen LogP contribution >= 0.6 is 0 Å². The van der Waals surface area contributed by atoms with E-state index in [4.69, 9.17) is 10.5 Å². The van der Waals surface area contributed by atoms with E-state index >= 15 is 0 Å². The van der Waals surface area contributed by atoms with Crippen LogP contribution in [-0.2, 0) is 19.1 Å². The van der Waals surface area contributed by atoms with E-state index in [9.17, 15) is 14.4 Å². The number of carbonyl (C=O) groups is 3. The number of fused-ring (bicyclic) bond motifs is 1. The molecule has 2 saturated heterocycles. The van der Waals surface area contributed by atoms with Crippen molar-refractivity contribution in [1.29, 1.82) is 0 Å². The molecule has 3 atom stereocenters. The second kappa shape index (κ2) is 9.01. The van der Waals surface area contributed by atoms with Crippen LogP contribution in [-0.4, -0.2) is 55.0 Å². The van der Waals surface area contributed by atoms with E-state index in [1.165, 1.54) is 0 Å². The number of nitrogens with zero attached hydrogens (tertiary/aromatic N) is 1. The Labute approximate surface area is 143 Å². The van der Waals surface area contributed by atoms with Crippen LogP contribution in [0.15, 0.2) is 0 Å². The number of nitrogens with two attached hydrogens (primary N) is 1. The molecule has 3 unspecified atom stereocenters. The number of hydrogen-bond donors (Lipinski definition) is 2. The Balaban J connectivity index is 1.87. The summed E-state index contributed by atoms with van der Waals surface area (Å²) in [6, 6.07) is 0.0830. The van der Waals surface area contributed by atoms with Crippen LogP contribution in [0, 0.1) is 11.8 Å². The Morgan fingerprint density at radius 2 is 2.21 bits per heavy atom. The van der Waals surface area contributed by atoms with Crippen LogP contribution in [0.25, 0.3) is 0 Å². The number of carbonyl (C=O) groups excluding carboxylic acids is 3. The highest BCUT2D eigenvalue weighted by Crippen LogP contribution is 2.37. The predicted octanol–water partition coefficient (Wildman–Crippen LogP) is 0.422. The van der Waals surface area contributed by atoms with Crippen molar-refractivity contribution in [2.75, 3.05) is 26.2 Å². The third-order valence-corrected chi connectivity index (χ3v) is 5.00. The molecule has 2 aliphatic rings. The summed E-state index contributed by atoms with van der Waals surface area (Å²) >= 11 is 0. The quantitative estimate of drug-likeness (QED) is 0.493. The van der Waals surface area contributed by atoms with Gasteiger partial charge in [-0.2, -0.15) is 0 Å². The van der Waals surface area contributed by atoms with Crippen molar-refractivity contribution in [3.05, 3.63) is 0 Å². The summed E-state index contributed by atoms with van der Waals surface area (Å²) in [6.07, 6.45) is 3.57. The first kappa shape index (κ1) is 18.7. The third kappa shape index (κ3) is 4.69. The third-order valence-electron chi connectivity index (χ3n) is 5.00. The molecule has 2 heterocycles. The maximum absolute atomic E-state index is 12.3. The fraction of sp³-hybridized carbons (Fsp3) is 0.824. The van der Waals surface area contributed by atoms with E-state index in [1.807, 2.05) is 4.90 Å². The molecule has 3 N–H and O–H groups in total. The van der Waals surface area contributed by atoms with E-state index in [1.54, 1.807) is 6.92 Å². The highest BCUT2D eigenvalue weighted by molar-refractivity contribution is 5.82. The van der Waals surface area contributed by atoms with Gasteiger partial charge in [0.05, 0.1) is 6.61 Å². The van der Waals surface area contributed by atoms with Crippen LogP contribution in [0.3, 0.4) is 0 Å². The lowest BCUT2D eigenvalue weighted by Gasteiger charge is -2.48. The van der Waals surface area contributed by atoms with E-state index in [-0.39, 0.29) is 35.7 Å². The van der Waals surface area contributed by atoms with Crippen molar-refractivity contribution < 1.29 is 19.1 Å². The average molecular weight is 339 g/mol. The number of rotatable bonds is 8. The molecule has 2 fully saturated rings. The van der Waals surface area contributed by atoms with Crippen LogP contribution in [0.1, 0.15) is 45.4 Å². The molecule has 7 heteroatoms. The van der Waals surface area contributed by atoms with Crippen LogP contribution in [0.2, 0.25) is 0 Å². The smallest absolute Gasteiger partial charge is 0.305 e. The molecule has 2 amide bonds. The van der Waals surface area contributed by atoms with Gasteiger partial charge in [0, 0.05) is 37.9 Å². The normalized spacial score (nSPS) is 26.2. The van der Waals surface area contributed by atoms with Crippen molar-refractivity contribution in [2.24, 2.45) is 17.6 Å². The molecule has 0 bridgehead atoms. The molecule has 24 heavy (non-hydrogen) atoms. The van der Waals surface area contributed by atoms with E-state index in [2.05, 4.69) is 5.32 Å². The molecule has 0 aliphatic carbocycles. The predicted molar refractivity (Wildman–Crippen MR) is 88.9 cm³/mol. The standard InChI is InChI=1S/C17H29N3O4/c1-2-24-16(22)7-5-13-11-20-14(13)10-12(4-6-15(20)21)17(23)19-9-3-8-18/h12-14H,2-11,18H2,1H3,(H,19,23). The summed E-state index contributed by atoms with van der Waals surface area (Å²) in [7, 11) is 0. The second-order valence-corrected chi connectivity index (χ2v) is 6.62. The summed E-state index contributed by atoms with van der Waals surface area (Å²) < 4.78 is 4.96. The molecular formula is C17H29N3O4. The first-order chi connectivity index (χ1) is 11.6. The van der Waals surface area contributed by atoms with E-state index in [0.29, 0.717) is 51.9 Å². The summed E-state index contributed by atoms with van der Waals surface area (Å²) in [5, 5.41) is 2.91. The monoisotopic (exact) mass is 339 g/mol. The molecule has 0 aromatic rings. The van der Waals surface area contributed by atoms with Crippen LogP contribution in [0.5, 0.6) is 0 Å². The highest BCUT2D eigenvalue weighted by atomic mass is 16.5. The van der Waals surface area contributed by atoms with Gasteiger partial charge in [0.25, 0.3) is 0 Å². The van der Waals surface area contributed by atoms with Gasteiger partial charge in [-0.05, 0) is 45.1 Å². The molecule has 0 radical (unpaired) electrons. The van der Waals surface area contributed by atoms with Gasteiger partial charge in [0.2, 0.25) is 11.8 Å². The van der Waals surface area contributed by atoms with Gasteiger partial charge in [-0.1, -0.05) is 0 Å². The Morgan fingerprint density at radius 3 is 2.92 bits per heavy atom. The molecule has 2 rings (SSSR count). The van der Waals surface area contributed by atoms with Crippen LogP contribution in [0.4, 0.5) is 0 Å². The summed E-state index contributed by atoms with van der Waals surface area (Å²) in [4.78, 5) is 37.9. The lowest BCUT2D eigenvalue weighted by molar-refractivity contribution is -0.146. The van der Waals surface area contributed by atoms with E-state index < -0.39 is 0 Å². The van der Waals surface area contributed by atoms with Gasteiger partial charge < -0.3 is 20.7 Å². The van der Waals surface area contributed by atoms with Crippen molar-refractivity contribution in [3.8, 4) is 0 Å². The van der Waals surface area contributed by atoms with Gasteiger partial charge in [-0.15, -0.1) is 0 Å². The molecule has 0 aromatic heterocycles. The molecule has 7 nitrogen and oxygen atoms in total. The first-order valence-electron chi connectivity index (χ1n) is 8.99. The van der Waals surface area contributed by atoms with Gasteiger partial charge in [0.1, 0.15) is 0 Å². The number of nitrogens with one attached hydrogen (secondary N) is 1. The van der Waals surface area contributed by atoms with Crippen LogP contribution < -0.4 is 11.1 Å². The Morgan fingerprint density at radius 1 is 1.42 bits per heavy atom.